The number of hydrogen-bond acceptors (Lipinski definition) is 20. The number of unbranched alkanes of at least 4 members (excludes halogenated alkanes) is 4. The van der Waals surface area contributed by atoms with E-state index in [1.807, 2.05) is 19.6 Å². The third-order valence-electron chi connectivity index (χ3n) is 9.04. The molecule has 0 aromatic rings. The van der Waals surface area contributed by atoms with Gasteiger partial charge in [0.25, 0.3) is 0 Å². The van der Waals surface area contributed by atoms with Gasteiger partial charge in [0, 0.05) is 58.6 Å². The number of carbonyl (C=O) groups is 4. The van der Waals surface area contributed by atoms with Crippen molar-refractivity contribution in [2.45, 2.75) is 162 Å². The van der Waals surface area contributed by atoms with E-state index >= 15 is 0 Å². The van der Waals surface area contributed by atoms with E-state index in [1.165, 1.54) is 0 Å². The zero-order valence-corrected chi connectivity index (χ0v) is 54.4. The largest absolute Gasteiger partial charge is 3.00 e. The fourth-order valence-electron chi connectivity index (χ4n) is 3.93. The van der Waals surface area contributed by atoms with E-state index in [0.717, 1.165) is 77.5 Å². The van der Waals surface area contributed by atoms with Crippen LogP contribution in [0.25, 0.3) is 0 Å². The maximum atomic E-state index is 10.3. The average molecular weight is 1260 g/mol. The second-order valence-electron chi connectivity index (χ2n) is 20.6. The van der Waals surface area contributed by atoms with Crippen molar-refractivity contribution in [2.24, 2.45) is 21.7 Å². The molecule has 0 saturated heterocycles. The molecule has 0 unspecified atom stereocenters. The molecule has 0 bridgehead atoms. The summed E-state index contributed by atoms with van der Waals surface area (Å²) < 4.78 is 0. The van der Waals surface area contributed by atoms with E-state index in [4.69, 9.17) is 10.2 Å². The summed E-state index contributed by atoms with van der Waals surface area (Å²) in [5, 5.41) is 118. The summed E-state index contributed by atoms with van der Waals surface area (Å²) in [6, 6.07) is 0. The molecule has 458 valence electrons. The summed E-state index contributed by atoms with van der Waals surface area (Å²) in [4.78, 5) is 47.6. The van der Waals surface area contributed by atoms with Gasteiger partial charge in [-0.15, -0.1) is 39.6 Å². The molecule has 0 heterocycles. The molecular weight excluding hydrogens is 1160 g/mol. The monoisotopic (exact) mass is 1260 g/mol. The van der Waals surface area contributed by atoms with Crippen LogP contribution >= 0.6 is 0 Å². The molecular formula is C52H106Mn4N4O16. The van der Waals surface area contributed by atoms with Crippen molar-refractivity contribution in [3.05, 3.63) is 0 Å². The molecule has 2 N–H and O–H groups in total. The summed E-state index contributed by atoms with van der Waals surface area (Å²) in [6.07, 6.45) is 8.91. The van der Waals surface area contributed by atoms with Crippen molar-refractivity contribution >= 4 is 23.9 Å². The first-order valence-corrected chi connectivity index (χ1v) is 25.6. The molecule has 0 aliphatic heterocycles. The molecule has 0 aliphatic carbocycles. The number of aliphatic hydroxyl groups excluding tert-OH is 2. The van der Waals surface area contributed by atoms with Crippen LogP contribution in [0, 0.1) is 21.7 Å². The van der Waals surface area contributed by atoms with Crippen molar-refractivity contribution < 1.29 is 149 Å². The third-order valence-corrected chi connectivity index (χ3v) is 9.04. The van der Waals surface area contributed by atoms with Gasteiger partial charge >= 0.3 is 68.3 Å². The zero-order chi connectivity index (χ0) is 58.4. The Bertz CT molecular complexity index is 981. The number of aliphatic hydroxyl groups is 2. The Morgan fingerprint density at radius 3 is 0.513 bits per heavy atom. The van der Waals surface area contributed by atoms with Gasteiger partial charge in [-0.3, -0.25) is 0 Å². The Hall–Kier alpha value is -0.522. The van der Waals surface area contributed by atoms with Crippen molar-refractivity contribution in [1.82, 2.24) is 19.6 Å². The fraction of sp³-hybridized carbons (Fsp3) is 0.923. The van der Waals surface area contributed by atoms with Crippen molar-refractivity contribution in [1.29, 1.82) is 0 Å². The minimum atomic E-state index is -1.01. The molecule has 24 heteroatoms. The van der Waals surface area contributed by atoms with Crippen LogP contribution in [0.4, 0.5) is 0 Å². The Labute approximate surface area is 504 Å². The van der Waals surface area contributed by atoms with Crippen LogP contribution in [0.2, 0.25) is 0 Å². The number of carboxylic acid groups (broad SMARTS) is 4. The summed E-state index contributed by atoms with van der Waals surface area (Å²) in [6.45, 7) is 35.7. The molecule has 0 rings (SSSR count). The topological polar surface area (TPSA) is 352 Å². The molecule has 76 heavy (non-hydrogen) atoms. The average Bonchev–Trinajstić information content (AvgIpc) is 3.26. The normalized spacial score (nSPS) is 10.5. The SMILES string of the molecule is CC(C)(C)C(=O)[O-].CC(C)(C)C(=O)[O-].CC(C)(C)C(=O)[O-].CC(C)(C)C(=O)[O-].CCCCN(CC[O-])CCO.CCCCN(CC[O-])CCO.CCCCN(CC[O-])CC[O-].CCCCN(CC[O-])CC[O-].[Mn+2].[Mn+2].[Mn+3].[Mn+3]. The summed E-state index contributed by atoms with van der Waals surface area (Å²) in [7, 11) is 0. The molecule has 0 aromatic carbocycles. The predicted octanol–water partition coefficient (Wildman–Crippen LogP) is -4.38. The summed E-state index contributed by atoms with van der Waals surface area (Å²) in [5.41, 5.74) is -2.78. The minimum absolute atomic E-state index is 0. The van der Waals surface area contributed by atoms with E-state index in [9.17, 15) is 70.2 Å². The maximum absolute atomic E-state index is 10.3. The second-order valence-corrected chi connectivity index (χ2v) is 20.6. The first kappa shape index (κ1) is 104. The van der Waals surface area contributed by atoms with Crippen LogP contribution in [-0.2, 0) is 87.5 Å². The van der Waals surface area contributed by atoms with Gasteiger partial charge in [0.2, 0.25) is 0 Å². The fourth-order valence-corrected chi connectivity index (χ4v) is 3.93. The van der Waals surface area contributed by atoms with Crippen LogP contribution in [0.15, 0.2) is 0 Å². The van der Waals surface area contributed by atoms with Crippen molar-refractivity contribution in [3.63, 3.8) is 0 Å². The van der Waals surface area contributed by atoms with Crippen LogP contribution in [-0.4, -0.2) is 185 Å². The molecule has 0 aliphatic rings. The summed E-state index contributed by atoms with van der Waals surface area (Å²) in [5.74, 6) is -4.03. The van der Waals surface area contributed by atoms with Gasteiger partial charge in [0.05, 0.1) is 13.2 Å². The summed E-state index contributed by atoms with van der Waals surface area (Å²) >= 11 is 0. The van der Waals surface area contributed by atoms with E-state index in [0.29, 0.717) is 52.4 Å². The molecule has 0 atom stereocenters. The van der Waals surface area contributed by atoms with Crippen molar-refractivity contribution in [3.8, 4) is 0 Å². The van der Waals surface area contributed by atoms with Gasteiger partial charge in [-0.2, -0.15) is 0 Å². The van der Waals surface area contributed by atoms with Crippen LogP contribution in [0.5, 0.6) is 0 Å². The minimum Gasteiger partial charge on any atom is -0.854 e. The quantitative estimate of drug-likeness (QED) is 0.0699. The first-order chi connectivity index (χ1) is 33.2. The molecule has 0 aromatic heterocycles. The van der Waals surface area contributed by atoms with E-state index in [1.54, 1.807) is 83.1 Å². The van der Waals surface area contributed by atoms with Crippen LogP contribution in [0.1, 0.15) is 162 Å². The first-order valence-electron chi connectivity index (χ1n) is 25.6. The van der Waals surface area contributed by atoms with Gasteiger partial charge in [-0.1, -0.05) is 136 Å². The molecule has 0 fully saturated rings. The molecule has 0 saturated carbocycles. The Morgan fingerprint density at radius 1 is 0.316 bits per heavy atom. The number of aliphatic carboxylic acids is 4. The van der Waals surface area contributed by atoms with Gasteiger partial charge in [0.1, 0.15) is 0 Å². The third kappa shape index (κ3) is 95.8. The van der Waals surface area contributed by atoms with E-state index in [-0.39, 0.29) is 121 Å². The van der Waals surface area contributed by atoms with Crippen LogP contribution < -0.4 is 51.1 Å². The second kappa shape index (κ2) is 70.6. The van der Waals surface area contributed by atoms with Gasteiger partial charge in [0.15, 0.2) is 0 Å². The van der Waals surface area contributed by atoms with Crippen LogP contribution in [0.3, 0.4) is 0 Å². The predicted molar refractivity (Wildman–Crippen MR) is 267 cm³/mol. The Morgan fingerprint density at radius 2 is 0.434 bits per heavy atom. The number of nitrogens with zero attached hydrogens (tertiary/aromatic N) is 4. The maximum Gasteiger partial charge on any atom is 3.00 e. The van der Waals surface area contributed by atoms with Gasteiger partial charge in [-0.25, -0.2) is 0 Å². The standard InChI is InChI=1S/2C8H18NO2.2C8H17NO2.4C5H10O2.4Mn/c4*1-2-3-4-9(5-7-10)6-8-11;4*1-5(2,3)4(6)7;;;;/h2*10H,2-8H2,1H3;2*2-8H2,1H3;4*1-3H3,(H,6,7);;;;/q2*-1;2*-2;;;;;2*+2;2*+3/p-4. The van der Waals surface area contributed by atoms with Gasteiger partial charge < -0.3 is 100 Å². The van der Waals surface area contributed by atoms with E-state index < -0.39 is 45.5 Å². The number of carboxylic acids is 4. The molecule has 2 radical (unpaired) electrons. The molecule has 0 amide bonds. The zero-order valence-electron chi connectivity index (χ0n) is 49.7. The number of carbonyl (C=O) groups excluding carboxylic acids is 4. The molecule has 20 nitrogen and oxygen atoms in total. The van der Waals surface area contributed by atoms with E-state index in [2.05, 4.69) is 27.7 Å². The smallest absolute Gasteiger partial charge is 0.854 e. The van der Waals surface area contributed by atoms with Gasteiger partial charge in [-0.05, 0) is 91.1 Å². The Kier molecular flexibility index (Phi) is 96.5. The Balaban J connectivity index is -0.0000000616. The number of rotatable bonds is 28. The number of hydrogen-bond donors (Lipinski definition) is 2. The molecule has 0 spiro atoms. The van der Waals surface area contributed by atoms with Crippen molar-refractivity contribution in [2.75, 3.05) is 131 Å².